The first-order valence-corrected chi connectivity index (χ1v) is 5.83. The largest absolute Gasteiger partial charge is 0.374 e. The summed E-state index contributed by atoms with van der Waals surface area (Å²) in [6, 6.07) is 0.256. The average Bonchev–Trinajstić information content (AvgIpc) is 2.74. The lowest BCUT2D eigenvalue weighted by Gasteiger charge is -2.38. The standard InChI is InChI=1S/C11H20N2O2/c1-8(12-2)11(14)13-6-7-15-10-5-3-4-9(10)13/h8-10,12H,3-7H2,1-2H3. The Bertz CT molecular complexity index is 245. The van der Waals surface area contributed by atoms with Crippen LogP contribution in [0.15, 0.2) is 0 Å². The van der Waals surface area contributed by atoms with Gasteiger partial charge in [-0.25, -0.2) is 0 Å². The second-order valence-electron chi connectivity index (χ2n) is 4.45. The molecule has 1 aliphatic heterocycles. The summed E-state index contributed by atoms with van der Waals surface area (Å²) in [4.78, 5) is 14.1. The van der Waals surface area contributed by atoms with Crippen LogP contribution < -0.4 is 5.32 Å². The van der Waals surface area contributed by atoms with E-state index in [4.69, 9.17) is 4.74 Å². The van der Waals surface area contributed by atoms with Crippen molar-refractivity contribution in [3.05, 3.63) is 0 Å². The van der Waals surface area contributed by atoms with Crippen molar-refractivity contribution in [2.24, 2.45) is 0 Å². The fourth-order valence-electron chi connectivity index (χ4n) is 2.57. The van der Waals surface area contributed by atoms with Crippen LogP contribution in [0, 0.1) is 0 Å². The zero-order chi connectivity index (χ0) is 10.8. The maximum Gasteiger partial charge on any atom is 0.239 e. The lowest BCUT2D eigenvalue weighted by Crippen LogP contribution is -2.55. The fraction of sp³-hybridized carbons (Fsp3) is 0.909. The normalized spacial score (nSPS) is 32.5. The minimum Gasteiger partial charge on any atom is -0.374 e. The van der Waals surface area contributed by atoms with Crippen LogP contribution in [-0.2, 0) is 9.53 Å². The average molecular weight is 212 g/mol. The van der Waals surface area contributed by atoms with E-state index < -0.39 is 0 Å². The van der Waals surface area contributed by atoms with E-state index in [0.29, 0.717) is 18.8 Å². The van der Waals surface area contributed by atoms with Crippen molar-refractivity contribution in [1.29, 1.82) is 0 Å². The number of rotatable bonds is 2. The van der Waals surface area contributed by atoms with Gasteiger partial charge in [0.15, 0.2) is 0 Å². The van der Waals surface area contributed by atoms with Gasteiger partial charge in [0.05, 0.1) is 24.8 Å². The van der Waals surface area contributed by atoms with E-state index in [0.717, 1.165) is 19.4 Å². The van der Waals surface area contributed by atoms with Gasteiger partial charge in [0, 0.05) is 6.54 Å². The molecule has 1 heterocycles. The second kappa shape index (κ2) is 4.49. The number of fused-ring (bicyclic) bond motifs is 1. The first-order chi connectivity index (χ1) is 7.24. The summed E-state index contributed by atoms with van der Waals surface area (Å²) < 4.78 is 5.68. The van der Waals surface area contributed by atoms with Gasteiger partial charge in [0.2, 0.25) is 5.91 Å². The van der Waals surface area contributed by atoms with Crippen molar-refractivity contribution < 1.29 is 9.53 Å². The van der Waals surface area contributed by atoms with Crippen molar-refractivity contribution in [2.45, 2.75) is 44.4 Å². The quantitative estimate of drug-likeness (QED) is 0.719. The third-order valence-electron chi connectivity index (χ3n) is 3.57. The number of hydrogen-bond donors (Lipinski definition) is 1. The third kappa shape index (κ3) is 2.01. The molecule has 3 atom stereocenters. The molecule has 0 radical (unpaired) electrons. The lowest BCUT2D eigenvalue weighted by atomic mass is 10.1. The van der Waals surface area contributed by atoms with E-state index in [1.54, 1.807) is 0 Å². The summed E-state index contributed by atoms with van der Waals surface area (Å²) in [7, 11) is 1.83. The van der Waals surface area contributed by atoms with Gasteiger partial charge in [0.1, 0.15) is 0 Å². The number of nitrogens with zero attached hydrogens (tertiary/aromatic N) is 1. The number of ether oxygens (including phenoxy) is 1. The van der Waals surface area contributed by atoms with Gasteiger partial charge in [-0.1, -0.05) is 0 Å². The zero-order valence-electron chi connectivity index (χ0n) is 9.53. The molecular weight excluding hydrogens is 192 g/mol. The van der Waals surface area contributed by atoms with Crippen molar-refractivity contribution >= 4 is 5.91 Å². The van der Waals surface area contributed by atoms with Gasteiger partial charge in [-0.15, -0.1) is 0 Å². The molecule has 2 rings (SSSR count). The van der Waals surface area contributed by atoms with Crippen molar-refractivity contribution in [2.75, 3.05) is 20.2 Å². The molecule has 1 saturated carbocycles. The SMILES string of the molecule is CNC(C)C(=O)N1CCOC2CCCC21. The highest BCUT2D eigenvalue weighted by Crippen LogP contribution is 2.29. The number of hydrogen-bond acceptors (Lipinski definition) is 3. The van der Waals surface area contributed by atoms with Crippen LogP contribution in [0.3, 0.4) is 0 Å². The highest BCUT2D eigenvalue weighted by molar-refractivity contribution is 5.82. The van der Waals surface area contributed by atoms with Crippen LogP contribution in [-0.4, -0.2) is 49.2 Å². The number of carbonyl (C=O) groups is 1. The minimum absolute atomic E-state index is 0.0793. The number of likely N-dealkylation sites (N-methyl/N-ethyl adjacent to an activating group) is 1. The Morgan fingerprint density at radius 2 is 2.33 bits per heavy atom. The molecular formula is C11H20N2O2. The number of morpholine rings is 1. The smallest absolute Gasteiger partial charge is 0.239 e. The highest BCUT2D eigenvalue weighted by Gasteiger charge is 2.39. The van der Waals surface area contributed by atoms with Gasteiger partial charge in [-0.2, -0.15) is 0 Å². The van der Waals surface area contributed by atoms with Gasteiger partial charge < -0.3 is 15.0 Å². The summed E-state index contributed by atoms with van der Waals surface area (Å²) in [6.45, 7) is 3.37. The van der Waals surface area contributed by atoms with Crippen molar-refractivity contribution in [3.63, 3.8) is 0 Å². The summed E-state index contributed by atoms with van der Waals surface area (Å²) >= 11 is 0. The molecule has 2 fully saturated rings. The number of amides is 1. The molecule has 4 nitrogen and oxygen atoms in total. The van der Waals surface area contributed by atoms with Crippen LogP contribution in [0.2, 0.25) is 0 Å². The Kier molecular flexibility index (Phi) is 3.26. The molecule has 1 amide bonds. The Morgan fingerprint density at radius 3 is 3.07 bits per heavy atom. The first-order valence-electron chi connectivity index (χ1n) is 5.83. The van der Waals surface area contributed by atoms with Gasteiger partial charge in [0.25, 0.3) is 0 Å². The van der Waals surface area contributed by atoms with E-state index in [-0.39, 0.29) is 11.9 Å². The second-order valence-corrected chi connectivity index (χ2v) is 4.45. The molecule has 1 saturated heterocycles. The van der Waals surface area contributed by atoms with E-state index >= 15 is 0 Å². The molecule has 86 valence electrons. The lowest BCUT2D eigenvalue weighted by molar-refractivity contribution is -0.145. The third-order valence-corrected chi connectivity index (χ3v) is 3.57. The van der Waals surface area contributed by atoms with Gasteiger partial charge >= 0.3 is 0 Å². The monoisotopic (exact) mass is 212 g/mol. The Morgan fingerprint density at radius 1 is 1.53 bits per heavy atom. The molecule has 1 N–H and O–H groups in total. The molecule has 1 aliphatic carbocycles. The maximum absolute atomic E-state index is 12.1. The number of nitrogens with one attached hydrogen (secondary N) is 1. The molecule has 2 aliphatic rings. The fourth-order valence-corrected chi connectivity index (χ4v) is 2.57. The van der Waals surface area contributed by atoms with Gasteiger partial charge in [-0.05, 0) is 33.2 Å². The molecule has 3 unspecified atom stereocenters. The summed E-state index contributed by atoms with van der Waals surface area (Å²) in [6.07, 6.45) is 3.70. The predicted octanol–water partition coefficient (Wildman–Crippen LogP) is 0.374. The van der Waals surface area contributed by atoms with E-state index in [2.05, 4.69) is 5.32 Å². The molecule has 0 aromatic heterocycles. The molecule has 0 bridgehead atoms. The van der Waals surface area contributed by atoms with E-state index in [1.807, 2.05) is 18.9 Å². The van der Waals surface area contributed by atoms with E-state index in [9.17, 15) is 4.79 Å². The van der Waals surface area contributed by atoms with Crippen LogP contribution in [0.1, 0.15) is 26.2 Å². The van der Waals surface area contributed by atoms with E-state index in [1.165, 1.54) is 6.42 Å². The predicted molar refractivity (Wildman–Crippen MR) is 57.6 cm³/mol. The van der Waals surface area contributed by atoms with Crippen LogP contribution in [0.25, 0.3) is 0 Å². The molecule has 0 aromatic rings. The Hall–Kier alpha value is -0.610. The maximum atomic E-state index is 12.1. The first kappa shape index (κ1) is 10.9. The Labute approximate surface area is 91.0 Å². The van der Waals surface area contributed by atoms with Crippen molar-refractivity contribution in [1.82, 2.24) is 10.2 Å². The van der Waals surface area contributed by atoms with Crippen LogP contribution in [0.4, 0.5) is 0 Å². The number of carbonyl (C=O) groups excluding carboxylic acids is 1. The highest BCUT2D eigenvalue weighted by atomic mass is 16.5. The Balaban J connectivity index is 2.04. The molecule has 0 aromatic carbocycles. The minimum atomic E-state index is -0.0793. The summed E-state index contributed by atoms with van der Waals surface area (Å²) in [5, 5.41) is 3.01. The molecule has 0 spiro atoms. The van der Waals surface area contributed by atoms with Crippen LogP contribution >= 0.6 is 0 Å². The molecule has 4 heteroatoms. The zero-order valence-corrected chi connectivity index (χ0v) is 9.53. The van der Waals surface area contributed by atoms with Gasteiger partial charge in [-0.3, -0.25) is 4.79 Å². The van der Waals surface area contributed by atoms with Crippen molar-refractivity contribution in [3.8, 4) is 0 Å². The summed E-state index contributed by atoms with van der Waals surface area (Å²) in [5.41, 5.74) is 0. The van der Waals surface area contributed by atoms with Crippen LogP contribution in [0.5, 0.6) is 0 Å². The molecule has 15 heavy (non-hydrogen) atoms. The topological polar surface area (TPSA) is 41.6 Å². The summed E-state index contributed by atoms with van der Waals surface area (Å²) in [5.74, 6) is 0.220.